The van der Waals surface area contributed by atoms with Crippen LogP contribution in [0.5, 0.6) is 0 Å². The van der Waals surface area contributed by atoms with E-state index in [0.717, 1.165) is 48.6 Å². The first-order chi connectivity index (χ1) is 15.2. The maximum atomic E-state index is 11.7. The van der Waals surface area contributed by atoms with Gasteiger partial charge < -0.3 is 10.5 Å². The fourth-order valence-electron chi connectivity index (χ4n) is 8.92. The fourth-order valence-corrected chi connectivity index (χ4v) is 8.92. The Labute approximate surface area is 193 Å². The molecule has 0 aromatic carbocycles. The van der Waals surface area contributed by atoms with Crippen molar-refractivity contribution in [1.82, 2.24) is 5.43 Å². The summed E-state index contributed by atoms with van der Waals surface area (Å²) in [7, 11) is 1.49. The highest BCUT2D eigenvalue weighted by atomic mass is 16.5. The van der Waals surface area contributed by atoms with Gasteiger partial charge in [-0.15, -0.1) is 0 Å². The van der Waals surface area contributed by atoms with Crippen LogP contribution in [-0.2, 0) is 9.53 Å². The molecule has 4 aliphatic carbocycles. The van der Waals surface area contributed by atoms with Gasteiger partial charge in [0.1, 0.15) is 0 Å². The van der Waals surface area contributed by atoms with Crippen LogP contribution in [0.2, 0.25) is 0 Å². The summed E-state index contributed by atoms with van der Waals surface area (Å²) in [6.45, 7) is 7.50. The summed E-state index contributed by atoms with van der Waals surface area (Å²) in [6, 6.07) is -0.572. The average molecular weight is 446 g/mol. The Balaban J connectivity index is 1.45. The summed E-state index contributed by atoms with van der Waals surface area (Å²) in [5.74, 6) is 4.40. The first kappa shape index (κ1) is 23.6. The van der Waals surface area contributed by atoms with Gasteiger partial charge in [-0.1, -0.05) is 20.8 Å². The van der Waals surface area contributed by atoms with Crippen molar-refractivity contribution in [3.05, 3.63) is 0 Å². The molecule has 4 aliphatic rings. The second-order valence-corrected chi connectivity index (χ2v) is 11.8. The first-order valence-electron chi connectivity index (χ1n) is 12.9. The summed E-state index contributed by atoms with van der Waals surface area (Å²) < 4.78 is 4.89. The maximum Gasteiger partial charge on any atom is 0.332 e. The van der Waals surface area contributed by atoms with Crippen LogP contribution < -0.4 is 11.2 Å². The molecule has 8 atom stereocenters. The number of rotatable bonds is 5. The predicted octanol–water partition coefficient (Wildman–Crippen LogP) is 5.26. The third kappa shape index (κ3) is 4.07. The van der Waals surface area contributed by atoms with Crippen molar-refractivity contribution in [3.8, 4) is 0 Å². The molecule has 32 heavy (non-hydrogen) atoms. The molecule has 0 heterocycles. The van der Waals surface area contributed by atoms with Crippen molar-refractivity contribution in [2.45, 2.75) is 91.4 Å². The number of hydrogen-bond acceptors (Lipinski definition) is 4. The van der Waals surface area contributed by atoms with E-state index in [4.69, 9.17) is 10.5 Å². The maximum absolute atomic E-state index is 11.7. The largest absolute Gasteiger partial charge is 0.469 e. The molecule has 0 aromatic heterocycles. The van der Waals surface area contributed by atoms with E-state index in [1.807, 2.05) is 0 Å². The molecule has 0 bridgehead atoms. The molecule has 4 saturated carbocycles. The van der Waals surface area contributed by atoms with Crippen LogP contribution in [0, 0.1) is 46.3 Å². The Morgan fingerprint density at radius 3 is 2.59 bits per heavy atom. The Morgan fingerprint density at radius 2 is 1.88 bits per heavy atom. The summed E-state index contributed by atoms with van der Waals surface area (Å²) >= 11 is 0. The number of carbonyl (C=O) groups is 2. The number of ether oxygens (including phenoxy) is 1. The highest BCUT2D eigenvalue weighted by molar-refractivity contribution is 5.87. The van der Waals surface area contributed by atoms with Gasteiger partial charge >= 0.3 is 12.0 Å². The highest BCUT2D eigenvalue weighted by Crippen LogP contribution is 2.68. The Hall–Kier alpha value is -1.59. The van der Waals surface area contributed by atoms with E-state index in [-0.39, 0.29) is 5.97 Å². The van der Waals surface area contributed by atoms with Gasteiger partial charge in [-0.3, -0.25) is 4.79 Å². The lowest BCUT2D eigenvalue weighted by molar-refractivity contribution is -0.141. The lowest BCUT2D eigenvalue weighted by atomic mass is 9.44. The molecule has 6 nitrogen and oxygen atoms in total. The number of amides is 2. The SMILES string of the molecule is COC(=O)CC[C@H](C)[C@H]1CC[C@@H]2[C@H]3CC[C@@H]4C/C(=N\NC(N)=O)CC[C@]4(C)[C@@H]3CC[C@@]21C. The van der Waals surface area contributed by atoms with Gasteiger partial charge in [0.15, 0.2) is 0 Å². The van der Waals surface area contributed by atoms with Crippen molar-refractivity contribution in [2.75, 3.05) is 7.11 Å². The topological polar surface area (TPSA) is 93.8 Å². The molecule has 4 rings (SSSR count). The average Bonchev–Trinajstić information content (AvgIpc) is 3.12. The smallest absolute Gasteiger partial charge is 0.332 e. The minimum atomic E-state index is -0.572. The summed E-state index contributed by atoms with van der Waals surface area (Å²) in [6.07, 6.45) is 12.7. The molecule has 0 spiro atoms. The third-order valence-electron chi connectivity index (χ3n) is 10.6. The monoisotopic (exact) mass is 445 g/mol. The van der Waals surface area contributed by atoms with Gasteiger partial charge in [0.2, 0.25) is 0 Å². The number of esters is 1. The van der Waals surface area contributed by atoms with Gasteiger partial charge in [-0.2, -0.15) is 5.10 Å². The second kappa shape index (κ2) is 8.98. The van der Waals surface area contributed by atoms with Crippen LogP contribution in [0.1, 0.15) is 91.4 Å². The van der Waals surface area contributed by atoms with Crippen LogP contribution in [-0.4, -0.2) is 24.8 Å². The lowest BCUT2D eigenvalue weighted by Crippen LogP contribution is -2.54. The molecule has 0 saturated heterocycles. The predicted molar refractivity (Wildman–Crippen MR) is 126 cm³/mol. The first-order valence-corrected chi connectivity index (χ1v) is 12.9. The van der Waals surface area contributed by atoms with Crippen molar-refractivity contribution in [2.24, 2.45) is 57.2 Å². The molecule has 0 aliphatic heterocycles. The number of nitrogens with one attached hydrogen (secondary N) is 1. The van der Waals surface area contributed by atoms with Crippen LogP contribution in [0.3, 0.4) is 0 Å². The third-order valence-corrected chi connectivity index (χ3v) is 10.6. The quantitative estimate of drug-likeness (QED) is 0.446. The normalized spacial score (nSPS) is 43.0. The zero-order valence-corrected chi connectivity index (χ0v) is 20.5. The number of hydrogen-bond donors (Lipinski definition) is 2. The van der Waals surface area contributed by atoms with E-state index < -0.39 is 6.03 Å². The Morgan fingerprint density at radius 1 is 1.12 bits per heavy atom. The van der Waals surface area contributed by atoms with Crippen LogP contribution in [0.25, 0.3) is 0 Å². The molecular weight excluding hydrogens is 402 g/mol. The van der Waals surface area contributed by atoms with Crippen LogP contribution in [0.15, 0.2) is 5.10 Å². The van der Waals surface area contributed by atoms with E-state index in [9.17, 15) is 9.59 Å². The standard InChI is InChI=1S/C26H43N3O3/c1-16(5-10-23(30)32-4)20-8-9-21-19-7-6-17-15-18(28-29-24(27)31)11-13-25(17,2)22(19)12-14-26(20,21)3/h16-17,19-22H,5-15H2,1-4H3,(H3,27,29,31)/b28-18-/t16-,17+,19+,20+,21+,22+,25-,26+/m0/s1. The number of nitrogens with two attached hydrogens (primary N) is 1. The van der Waals surface area contributed by atoms with Gasteiger partial charge in [0, 0.05) is 12.1 Å². The number of hydrazone groups is 1. The van der Waals surface area contributed by atoms with E-state index in [0.29, 0.717) is 29.1 Å². The van der Waals surface area contributed by atoms with E-state index in [1.54, 1.807) is 0 Å². The number of nitrogens with zero attached hydrogens (tertiary/aromatic N) is 1. The molecule has 180 valence electrons. The van der Waals surface area contributed by atoms with Crippen molar-refractivity contribution >= 4 is 17.7 Å². The molecule has 3 N–H and O–H groups in total. The zero-order chi connectivity index (χ0) is 23.1. The molecule has 4 fully saturated rings. The minimum absolute atomic E-state index is 0.0715. The van der Waals surface area contributed by atoms with E-state index in [2.05, 4.69) is 31.3 Å². The summed E-state index contributed by atoms with van der Waals surface area (Å²) in [4.78, 5) is 22.7. The van der Waals surface area contributed by atoms with Gasteiger partial charge in [-0.05, 0) is 111 Å². The van der Waals surface area contributed by atoms with Crippen LogP contribution >= 0.6 is 0 Å². The highest BCUT2D eigenvalue weighted by Gasteiger charge is 2.60. The molecule has 6 heteroatoms. The fraction of sp³-hybridized carbons (Fsp3) is 0.885. The molecule has 0 radical (unpaired) electrons. The minimum Gasteiger partial charge on any atom is -0.469 e. The Kier molecular flexibility index (Phi) is 6.61. The zero-order valence-electron chi connectivity index (χ0n) is 20.5. The molecule has 2 amide bonds. The van der Waals surface area contributed by atoms with E-state index >= 15 is 0 Å². The second-order valence-electron chi connectivity index (χ2n) is 11.8. The number of methoxy groups -OCH3 is 1. The van der Waals surface area contributed by atoms with Crippen molar-refractivity contribution < 1.29 is 14.3 Å². The molecular formula is C26H43N3O3. The number of urea groups is 1. The van der Waals surface area contributed by atoms with Gasteiger partial charge in [0.05, 0.1) is 7.11 Å². The van der Waals surface area contributed by atoms with Crippen LogP contribution in [0.4, 0.5) is 4.79 Å². The van der Waals surface area contributed by atoms with Gasteiger partial charge in [-0.25, -0.2) is 10.2 Å². The number of fused-ring (bicyclic) bond motifs is 5. The van der Waals surface area contributed by atoms with Crippen molar-refractivity contribution in [3.63, 3.8) is 0 Å². The number of primary amides is 1. The molecule has 0 unspecified atom stereocenters. The Bertz CT molecular complexity index is 767. The summed E-state index contributed by atoms with van der Waals surface area (Å²) in [5, 5.41) is 4.30. The van der Waals surface area contributed by atoms with Gasteiger partial charge in [0.25, 0.3) is 0 Å². The number of carbonyl (C=O) groups excluding carboxylic acids is 2. The molecule has 0 aromatic rings. The lowest BCUT2D eigenvalue weighted by Gasteiger charge is -2.60. The summed E-state index contributed by atoms with van der Waals surface area (Å²) in [5.41, 5.74) is 9.59. The van der Waals surface area contributed by atoms with Crippen molar-refractivity contribution in [1.29, 1.82) is 0 Å². The van der Waals surface area contributed by atoms with E-state index in [1.165, 1.54) is 52.1 Å².